The van der Waals surface area contributed by atoms with E-state index in [4.69, 9.17) is 9.47 Å². The lowest BCUT2D eigenvalue weighted by atomic mass is 9.91. The Balaban J connectivity index is 1.45. The average molecular weight is 421 g/mol. The third-order valence-corrected chi connectivity index (χ3v) is 7.88. The Hall–Kier alpha value is -1.81. The van der Waals surface area contributed by atoms with Gasteiger partial charge in [0.25, 0.3) is 0 Å². The van der Waals surface area contributed by atoms with E-state index >= 15 is 0 Å². The van der Waals surface area contributed by atoms with Crippen LogP contribution in [0.2, 0.25) is 0 Å². The molecule has 1 spiro atoms. The maximum absolute atomic E-state index is 13.1. The van der Waals surface area contributed by atoms with Crippen LogP contribution in [-0.4, -0.2) is 53.5 Å². The molecule has 1 saturated heterocycles. The number of hydrogen-bond acceptors (Lipinski definition) is 6. The van der Waals surface area contributed by atoms with Gasteiger partial charge in [-0.2, -0.15) is 4.31 Å². The Morgan fingerprint density at radius 3 is 2.52 bits per heavy atom. The molecule has 0 radical (unpaired) electrons. The molecule has 0 bridgehead atoms. The monoisotopic (exact) mass is 420 g/mol. The van der Waals surface area contributed by atoms with E-state index in [0.717, 1.165) is 17.0 Å². The summed E-state index contributed by atoms with van der Waals surface area (Å²) in [5, 5.41) is 8.42. The molecule has 1 aromatic heterocycles. The van der Waals surface area contributed by atoms with Gasteiger partial charge in [0.2, 0.25) is 10.0 Å². The lowest BCUT2D eigenvalue weighted by Gasteiger charge is -2.43. The van der Waals surface area contributed by atoms with E-state index in [0.29, 0.717) is 56.5 Å². The third-order valence-electron chi connectivity index (χ3n) is 5.97. The molecule has 1 aromatic carbocycles. The second-order valence-electron chi connectivity index (χ2n) is 8.17. The molecule has 0 saturated carbocycles. The summed E-state index contributed by atoms with van der Waals surface area (Å²) in [6.45, 7) is 6.48. The molecule has 4 rings (SSSR count). The van der Waals surface area contributed by atoms with Crippen molar-refractivity contribution in [2.75, 3.05) is 20.2 Å². The second-order valence-corrected chi connectivity index (χ2v) is 10.1. The summed E-state index contributed by atoms with van der Waals surface area (Å²) in [5.74, 6) is 0.371. The molecular formula is C20H28N4O4S. The highest BCUT2D eigenvalue weighted by Crippen LogP contribution is 2.35. The van der Waals surface area contributed by atoms with E-state index in [1.54, 1.807) is 23.5 Å². The zero-order chi connectivity index (χ0) is 20.6. The van der Waals surface area contributed by atoms with Crippen LogP contribution in [0.15, 0.2) is 29.2 Å². The summed E-state index contributed by atoms with van der Waals surface area (Å²) < 4.78 is 40.9. The van der Waals surface area contributed by atoms with Crippen molar-refractivity contribution in [3.8, 4) is 0 Å². The highest BCUT2D eigenvalue weighted by Gasteiger charge is 2.43. The fourth-order valence-electron chi connectivity index (χ4n) is 4.05. The van der Waals surface area contributed by atoms with Crippen LogP contribution in [-0.2, 0) is 39.3 Å². The molecule has 1 fully saturated rings. The standard InChI is InChI=1S/C20H28N4O4S/c1-15(2)16-4-6-17(7-5-16)29(25,26)23-10-8-20(9-11-23)14-24-19(13-28-20)18(12-27-3)21-22-24/h4-7,15H,8-14H2,1-3H3. The van der Waals surface area contributed by atoms with Crippen molar-refractivity contribution in [2.24, 2.45) is 0 Å². The fraction of sp³-hybridized carbons (Fsp3) is 0.600. The summed E-state index contributed by atoms with van der Waals surface area (Å²) >= 11 is 0. The lowest BCUT2D eigenvalue weighted by Crippen LogP contribution is -2.52. The first-order chi connectivity index (χ1) is 13.8. The number of aromatic nitrogens is 3. The van der Waals surface area contributed by atoms with E-state index in [2.05, 4.69) is 24.2 Å². The van der Waals surface area contributed by atoms with Gasteiger partial charge in [-0.1, -0.05) is 31.2 Å². The van der Waals surface area contributed by atoms with Crippen LogP contribution in [0.5, 0.6) is 0 Å². The Morgan fingerprint density at radius 2 is 1.90 bits per heavy atom. The van der Waals surface area contributed by atoms with E-state index in [1.807, 2.05) is 16.8 Å². The molecule has 8 nitrogen and oxygen atoms in total. The first-order valence-corrected chi connectivity index (χ1v) is 11.4. The van der Waals surface area contributed by atoms with Crippen LogP contribution < -0.4 is 0 Å². The van der Waals surface area contributed by atoms with Crippen LogP contribution in [0.25, 0.3) is 0 Å². The zero-order valence-corrected chi connectivity index (χ0v) is 18.0. The Labute approximate surface area is 171 Å². The van der Waals surface area contributed by atoms with Gasteiger partial charge in [0.05, 0.1) is 35.9 Å². The Kier molecular flexibility index (Phi) is 5.50. The SMILES string of the molecule is COCc1nnn2c1COC1(CCN(S(=O)(=O)c3ccc(C(C)C)cc3)CC1)C2. The predicted octanol–water partition coefficient (Wildman–Crippen LogP) is 2.30. The van der Waals surface area contributed by atoms with Gasteiger partial charge in [0, 0.05) is 20.2 Å². The molecule has 0 N–H and O–H groups in total. The number of sulfonamides is 1. The number of piperidine rings is 1. The van der Waals surface area contributed by atoms with Crippen molar-refractivity contribution in [1.29, 1.82) is 0 Å². The third kappa shape index (κ3) is 3.84. The van der Waals surface area contributed by atoms with Crippen LogP contribution in [0.1, 0.15) is 49.6 Å². The van der Waals surface area contributed by atoms with E-state index in [-0.39, 0.29) is 0 Å². The van der Waals surface area contributed by atoms with Gasteiger partial charge in [-0.15, -0.1) is 5.10 Å². The van der Waals surface area contributed by atoms with Crippen molar-refractivity contribution in [1.82, 2.24) is 19.3 Å². The van der Waals surface area contributed by atoms with Crippen LogP contribution in [0.3, 0.4) is 0 Å². The van der Waals surface area contributed by atoms with E-state index in [9.17, 15) is 8.42 Å². The molecule has 2 aliphatic rings. The van der Waals surface area contributed by atoms with Crippen molar-refractivity contribution >= 4 is 10.0 Å². The largest absolute Gasteiger partial charge is 0.378 e. The molecule has 158 valence electrons. The maximum atomic E-state index is 13.1. The maximum Gasteiger partial charge on any atom is 0.243 e. The number of rotatable bonds is 5. The smallest absolute Gasteiger partial charge is 0.243 e. The number of ether oxygens (including phenoxy) is 2. The number of hydrogen-bond donors (Lipinski definition) is 0. The molecule has 0 aliphatic carbocycles. The quantitative estimate of drug-likeness (QED) is 0.738. The minimum absolute atomic E-state index is 0.352. The second kappa shape index (κ2) is 7.79. The molecule has 2 aromatic rings. The van der Waals surface area contributed by atoms with Crippen molar-refractivity contribution in [3.63, 3.8) is 0 Å². The number of nitrogens with zero attached hydrogens (tertiary/aromatic N) is 4. The van der Waals surface area contributed by atoms with Crippen molar-refractivity contribution in [3.05, 3.63) is 41.2 Å². The average Bonchev–Trinajstić information content (AvgIpc) is 3.10. The van der Waals surface area contributed by atoms with Gasteiger partial charge >= 0.3 is 0 Å². The summed E-state index contributed by atoms with van der Waals surface area (Å²) in [6, 6.07) is 7.23. The van der Waals surface area contributed by atoms with E-state index in [1.165, 1.54) is 0 Å². The summed E-state index contributed by atoms with van der Waals surface area (Å²) in [5.41, 5.74) is 2.48. The molecule has 2 aliphatic heterocycles. The summed E-state index contributed by atoms with van der Waals surface area (Å²) in [4.78, 5) is 0.352. The topological polar surface area (TPSA) is 86.6 Å². The Bertz CT molecular complexity index is 961. The fourth-order valence-corrected chi connectivity index (χ4v) is 5.49. The van der Waals surface area contributed by atoms with Crippen molar-refractivity contribution in [2.45, 2.75) is 62.9 Å². The lowest BCUT2D eigenvalue weighted by molar-refractivity contribution is -0.117. The summed E-state index contributed by atoms with van der Waals surface area (Å²) in [7, 11) is -1.87. The van der Waals surface area contributed by atoms with Crippen LogP contribution in [0.4, 0.5) is 0 Å². The zero-order valence-electron chi connectivity index (χ0n) is 17.2. The molecule has 0 atom stereocenters. The van der Waals surface area contributed by atoms with E-state index < -0.39 is 15.6 Å². The molecule has 3 heterocycles. The van der Waals surface area contributed by atoms with Crippen molar-refractivity contribution < 1.29 is 17.9 Å². The summed E-state index contributed by atoms with van der Waals surface area (Å²) in [6.07, 6.45) is 1.27. The minimum atomic E-state index is -3.50. The van der Waals surface area contributed by atoms with Gasteiger partial charge in [0.15, 0.2) is 0 Å². The van der Waals surface area contributed by atoms with Gasteiger partial charge in [-0.3, -0.25) is 0 Å². The number of fused-ring (bicyclic) bond motifs is 1. The van der Waals surface area contributed by atoms with Gasteiger partial charge < -0.3 is 9.47 Å². The first-order valence-electron chi connectivity index (χ1n) is 9.99. The predicted molar refractivity (Wildman–Crippen MR) is 107 cm³/mol. The molecule has 29 heavy (non-hydrogen) atoms. The Morgan fingerprint density at radius 1 is 1.21 bits per heavy atom. The van der Waals surface area contributed by atoms with Gasteiger partial charge in [-0.25, -0.2) is 13.1 Å². The highest BCUT2D eigenvalue weighted by molar-refractivity contribution is 7.89. The first kappa shape index (κ1) is 20.5. The molecule has 9 heteroatoms. The normalized spacial score (nSPS) is 19.6. The number of benzene rings is 1. The molecule has 0 unspecified atom stereocenters. The minimum Gasteiger partial charge on any atom is -0.378 e. The number of methoxy groups -OCH3 is 1. The highest BCUT2D eigenvalue weighted by atomic mass is 32.2. The molecular weight excluding hydrogens is 392 g/mol. The van der Waals surface area contributed by atoms with Gasteiger partial charge in [0.1, 0.15) is 5.69 Å². The van der Waals surface area contributed by atoms with Crippen LogP contribution >= 0.6 is 0 Å². The van der Waals surface area contributed by atoms with Crippen LogP contribution in [0, 0.1) is 0 Å². The van der Waals surface area contributed by atoms with Gasteiger partial charge in [-0.05, 0) is 36.5 Å². The molecule has 0 amide bonds.